The zero-order valence-corrected chi connectivity index (χ0v) is 12.1. The first-order valence-corrected chi connectivity index (χ1v) is 6.48. The zero-order valence-electron chi connectivity index (χ0n) is 11.3. The lowest BCUT2D eigenvalue weighted by atomic mass is 10.2. The number of rotatable bonds is 3. The van der Waals surface area contributed by atoms with Crippen LogP contribution in [0.2, 0.25) is 0 Å². The van der Waals surface area contributed by atoms with E-state index in [1.807, 2.05) is 0 Å². The van der Waals surface area contributed by atoms with E-state index in [-0.39, 0.29) is 22.4 Å². The maximum atomic E-state index is 11.5. The number of ether oxygens (including phenoxy) is 2. The first-order chi connectivity index (χ1) is 8.73. The predicted molar refractivity (Wildman–Crippen MR) is 72.3 cm³/mol. The number of thiazole rings is 1. The zero-order chi connectivity index (χ0) is 14.6. The van der Waals surface area contributed by atoms with E-state index in [2.05, 4.69) is 10.3 Å². The standard InChI is InChI=1S/C11H17N3O4S/c1-5-17-8(15)6-7(12)19-9(13-6)14-10(16)18-11(2,3)4/h5,12H2,1-4H3,(H,13,14,16). The highest BCUT2D eigenvalue weighted by Crippen LogP contribution is 2.26. The number of nitrogens with two attached hydrogens (primary N) is 1. The van der Waals surface area contributed by atoms with Crippen LogP contribution in [0, 0.1) is 0 Å². The van der Waals surface area contributed by atoms with Crippen LogP contribution >= 0.6 is 11.3 Å². The van der Waals surface area contributed by atoms with Gasteiger partial charge in [0.25, 0.3) is 0 Å². The second-order valence-electron chi connectivity index (χ2n) is 4.58. The van der Waals surface area contributed by atoms with Crippen molar-refractivity contribution < 1.29 is 19.1 Å². The van der Waals surface area contributed by atoms with Crippen LogP contribution in [0.5, 0.6) is 0 Å². The number of nitrogens with zero attached hydrogens (tertiary/aromatic N) is 1. The molecule has 0 radical (unpaired) electrons. The number of nitrogens with one attached hydrogen (secondary N) is 1. The normalized spacial score (nSPS) is 10.9. The van der Waals surface area contributed by atoms with Crippen LogP contribution in [-0.2, 0) is 9.47 Å². The summed E-state index contributed by atoms with van der Waals surface area (Å²) in [4.78, 5) is 26.9. The van der Waals surface area contributed by atoms with Gasteiger partial charge < -0.3 is 15.2 Å². The average Bonchev–Trinajstić information content (AvgIpc) is 2.56. The molecule has 1 aromatic rings. The summed E-state index contributed by atoms with van der Waals surface area (Å²) in [5.74, 6) is -0.617. The minimum atomic E-state index is -0.656. The van der Waals surface area contributed by atoms with Gasteiger partial charge in [0.05, 0.1) is 6.61 Å². The van der Waals surface area contributed by atoms with Crippen molar-refractivity contribution in [1.29, 1.82) is 0 Å². The molecule has 0 aliphatic rings. The topological polar surface area (TPSA) is 104 Å². The maximum absolute atomic E-state index is 11.5. The van der Waals surface area contributed by atoms with Crippen LogP contribution in [0.25, 0.3) is 0 Å². The third-order valence-corrected chi connectivity index (χ3v) is 2.53. The van der Waals surface area contributed by atoms with Gasteiger partial charge in [-0.05, 0) is 27.7 Å². The Labute approximate surface area is 115 Å². The molecule has 1 heterocycles. The molecule has 0 fully saturated rings. The lowest BCUT2D eigenvalue weighted by Crippen LogP contribution is -2.27. The van der Waals surface area contributed by atoms with Crippen LogP contribution in [0.15, 0.2) is 0 Å². The smallest absolute Gasteiger partial charge is 0.413 e. The van der Waals surface area contributed by atoms with Crippen molar-refractivity contribution in [2.24, 2.45) is 0 Å². The summed E-state index contributed by atoms with van der Waals surface area (Å²) in [5, 5.41) is 2.79. The van der Waals surface area contributed by atoms with Gasteiger partial charge in [-0.2, -0.15) is 0 Å². The number of aromatic nitrogens is 1. The maximum Gasteiger partial charge on any atom is 0.413 e. The Bertz CT molecular complexity index is 479. The Morgan fingerprint density at radius 3 is 2.58 bits per heavy atom. The van der Waals surface area contributed by atoms with E-state index in [0.717, 1.165) is 11.3 Å². The molecular weight excluding hydrogens is 270 g/mol. The van der Waals surface area contributed by atoms with Gasteiger partial charge in [-0.3, -0.25) is 5.32 Å². The Kier molecular flexibility index (Phi) is 4.71. The highest BCUT2D eigenvalue weighted by molar-refractivity contribution is 7.19. The van der Waals surface area contributed by atoms with Gasteiger partial charge in [0.15, 0.2) is 10.8 Å². The lowest BCUT2D eigenvalue weighted by molar-refractivity contribution is 0.0520. The van der Waals surface area contributed by atoms with Crippen LogP contribution in [0.3, 0.4) is 0 Å². The number of hydrogen-bond donors (Lipinski definition) is 2. The fourth-order valence-corrected chi connectivity index (χ4v) is 1.83. The second kappa shape index (κ2) is 5.87. The van der Waals surface area contributed by atoms with E-state index in [1.54, 1.807) is 27.7 Å². The van der Waals surface area contributed by atoms with Gasteiger partial charge in [0, 0.05) is 0 Å². The molecule has 0 atom stereocenters. The molecule has 19 heavy (non-hydrogen) atoms. The van der Waals surface area contributed by atoms with Crippen molar-refractivity contribution in [1.82, 2.24) is 4.98 Å². The lowest BCUT2D eigenvalue weighted by Gasteiger charge is -2.18. The first kappa shape index (κ1) is 15.2. The Morgan fingerprint density at radius 2 is 2.05 bits per heavy atom. The first-order valence-electron chi connectivity index (χ1n) is 5.66. The molecule has 0 spiro atoms. The summed E-state index contributed by atoms with van der Waals surface area (Å²) in [6, 6.07) is 0. The monoisotopic (exact) mass is 287 g/mol. The Hall–Kier alpha value is -1.83. The Balaban J connectivity index is 2.74. The van der Waals surface area contributed by atoms with Gasteiger partial charge in [-0.25, -0.2) is 14.6 Å². The quantitative estimate of drug-likeness (QED) is 0.826. The number of hydrogen-bond acceptors (Lipinski definition) is 7. The third kappa shape index (κ3) is 4.74. The summed E-state index contributed by atoms with van der Waals surface area (Å²) in [7, 11) is 0. The molecule has 0 aliphatic heterocycles. The molecule has 0 aliphatic carbocycles. The molecule has 1 aromatic heterocycles. The predicted octanol–water partition coefficient (Wildman–Crippen LogP) is 2.25. The molecule has 106 valence electrons. The average molecular weight is 287 g/mol. The minimum Gasteiger partial charge on any atom is -0.461 e. The summed E-state index contributed by atoms with van der Waals surface area (Å²) >= 11 is 0.977. The highest BCUT2D eigenvalue weighted by Gasteiger charge is 2.21. The van der Waals surface area contributed by atoms with Gasteiger partial charge in [0.2, 0.25) is 0 Å². The summed E-state index contributed by atoms with van der Waals surface area (Å²) in [6.45, 7) is 7.14. The largest absolute Gasteiger partial charge is 0.461 e. The SMILES string of the molecule is CCOC(=O)c1nc(NC(=O)OC(C)(C)C)sc1N. The fraction of sp³-hybridized carbons (Fsp3) is 0.545. The van der Waals surface area contributed by atoms with Crippen molar-refractivity contribution in [2.45, 2.75) is 33.3 Å². The molecule has 0 bridgehead atoms. The molecule has 3 N–H and O–H groups in total. The van der Waals surface area contributed by atoms with Gasteiger partial charge >= 0.3 is 12.1 Å². The molecule has 0 saturated heterocycles. The molecule has 7 nitrogen and oxygen atoms in total. The molecule has 8 heteroatoms. The van der Waals surface area contributed by atoms with Crippen molar-refractivity contribution in [3.05, 3.63) is 5.69 Å². The third-order valence-electron chi connectivity index (χ3n) is 1.73. The fourth-order valence-electron chi connectivity index (χ4n) is 1.12. The number of esters is 1. The van der Waals surface area contributed by atoms with Crippen molar-refractivity contribution in [3.8, 4) is 0 Å². The summed E-state index contributed by atoms with van der Waals surface area (Å²) < 4.78 is 9.85. The summed E-state index contributed by atoms with van der Waals surface area (Å²) in [6.07, 6.45) is -0.656. The van der Waals surface area contributed by atoms with Crippen molar-refractivity contribution >= 4 is 33.5 Å². The van der Waals surface area contributed by atoms with E-state index in [1.165, 1.54) is 0 Å². The van der Waals surface area contributed by atoms with Crippen LogP contribution < -0.4 is 11.1 Å². The Morgan fingerprint density at radius 1 is 1.42 bits per heavy atom. The van der Waals surface area contributed by atoms with Crippen molar-refractivity contribution in [3.63, 3.8) is 0 Å². The van der Waals surface area contributed by atoms with Crippen LogP contribution in [0.4, 0.5) is 14.9 Å². The van der Waals surface area contributed by atoms with E-state index in [9.17, 15) is 9.59 Å². The van der Waals surface area contributed by atoms with Gasteiger partial charge in [-0.15, -0.1) is 0 Å². The van der Waals surface area contributed by atoms with E-state index in [0.29, 0.717) is 0 Å². The van der Waals surface area contributed by atoms with E-state index in [4.69, 9.17) is 15.2 Å². The number of nitrogen functional groups attached to an aromatic ring is 1. The minimum absolute atomic E-state index is 0.00194. The molecule has 0 unspecified atom stereocenters. The highest BCUT2D eigenvalue weighted by atomic mass is 32.1. The van der Waals surface area contributed by atoms with E-state index < -0.39 is 17.7 Å². The number of amides is 1. The van der Waals surface area contributed by atoms with Crippen LogP contribution in [-0.4, -0.2) is 29.3 Å². The number of anilines is 2. The molecule has 1 amide bonds. The second-order valence-corrected chi connectivity index (χ2v) is 5.61. The summed E-state index contributed by atoms with van der Waals surface area (Å²) in [5.41, 5.74) is 5.02. The number of carbonyl (C=O) groups is 2. The molecular formula is C11H17N3O4S. The molecule has 1 rings (SSSR count). The van der Waals surface area contributed by atoms with E-state index >= 15 is 0 Å². The van der Waals surface area contributed by atoms with Crippen molar-refractivity contribution in [2.75, 3.05) is 17.7 Å². The number of carbonyl (C=O) groups excluding carboxylic acids is 2. The van der Waals surface area contributed by atoms with Gasteiger partial charge in [0.1, 0.15) is 10.6 Å². The molecule has 0 saturated carbocycles. The van der Waals surface area contributed by atoms with Crippen LogP contribution in [0.1, 0.15) is 38.2 Å². The molecule has 0 aromatic carbocycles. The van der Waals surface area contributed by atoms with Gasteiger partial charge in [-0.1, -0.05) is 11.3 Å².